The molecular formula is C15H19NO4S. The monoisotopic (exact) mass is 309 g/mol. The molecule has 1 saturated carbocycles. The van der Waals surface area contributed by atoms with Gasteiger partial charge < -0.3 is 14.7 Å². The minimum Gasteiger partial charge on any atom is -0.495 e. The van der Waals surface area contributed by atoms with Crippen LogP contribution in [0.2, 0.25) is 0 Å². The van der Waals surface area contributed by atoms with Crippen molar-refractivity contribution < 1.29 is 19.4 Å². The number of fused-ring (bicyclic) bond motifs is 1. The number of carboxylic acid groups (broad SMARTS) is 1. The number of rotatable bonds is 3. The fourth-order valence-corrected chi connectivity index (χ4v) is 4.51. The summed E-state index contributed by atoms with van der Waals surface area (Å²) in [4.78, 5) is 26.5. The van der Waals surface area contributed by atoms with E-state index in [-0.39, 0.29) is 11.9 Å². The largest absolute Gasteiger partial charge is 0.495 e. The van der Waals surface area contributed by atoms with Gasteiger partial charge in [0.05, 0.1) is 7.11 Å². The highest BCUT2D eigenvalue weighted by Gasteiger charge is 2.48. The Morgan fingerprint density at radius 2 is 2.14 bits per heavy atom. The molecule has 3 atom stereocenters. The third-order valence-electron chi connectivity index (χ3n) is 4.65. The summed E-state index contributed by atoms with van der Waals surface area (Å²) in [5.41, 5.74) is 0. The molecule has 1 aromatic rings. The van der Waals surface area contributed by atoms with Gasteiger partial charge in [-0.25, -0.2) is 4.79 Å². The summed E-state index contributed by atoms with van der Waals surface area (Å²) in [5, 5.41) is 11.3. The number of likely N-dealkylation sites (tertiary alicyclic amines) is 1. The molecular weight excluding hydrogens is 290 g/mol. The molecule has 5 nitrogen and oxygen atoms in total. The topological polar surface area (TPSA) is 66.8 Å². The lowest BCUT2D eigenvalue weighted by molar-refractivity contribution is -0.141. The zero-order valence-electron chi connectivity index (χ0n) is 11.9. The number of carboxylic acids is 1. The van der Waals surface area contributed by atoms with Crippen molar-refractivity contribution >= 4 is 23.2 Å². The summed E-state index contributed by atoms with van der Waals surface area (Å²) in [6, 6.07) is 1.12. The second-order valence-electron chi connectivity index (χ2n) is 5.73. The number of ether oxygens (including phenoxy) is 1. The van der Waals surface area contributed by atoms with Crippen molar-refractivity contribution in [3.05, 3.63) is 16.3 Å². The van der Waals surface area contributed by atoms with Crippen LogP contribution in [0.25, 0.3) is 0 Å². The molecule has 114 valence electrons. The molecule has 21 heavy (non-hydrogen) atoms. The first-order valence-corrected chi connectivity index (χ1v) is 8.18. The molecule has 6 heteroatoms. The molecule has 0 unspecified atom stereocenters. The molecule has 0 spiro atoms. The molecule has 0 radical (unpaired) electrons. The predicted octanol–water partition coefficient (Wildman–Crippen LogP) is 2.61. The normalized spacial score (nSPS) is 28.2. The van der Waals surface area contributed by atoms with Crippen LogP contribution >= 0.6 is 11.3 Å². The smallest absolute Gasteiger partial charge is 0.326 e. The van der Waals surface area contributed by atoms with E-state index in [1.54, 1.807) is 16.3 Å². The Labute approximate surface area is 127 Å². The van der Waals surface area contributed by atoms with E-state index in [4.69, 9.17) is 4.74 Å². The van der Waals surface area contributed by atoms with Gasteiger partial charge in [-0.1, -0.05) is 12.8 Å². The SMILES string of the molecule is COc1ccsc1C(=O)N1[C@H](C(=O)O)C[C@H]2CCCC[C@@H]21. The first-order chi connectivity index (χ1) is 10.1. The van der Waals surface area contributed by atoms with Crippen LogP contribution in [0, 0.1) is 5.92 Å². The molecule has 1 amide bonds. The van der Waals surface area contributed by atoms with Crippen LogP contribution in [0.3, 0.4) is 0 Å². The van der Waals surface area contributed by atoms with Gasteiger partial charge in [0.25, 0.3) is 5.91 Å². The number of aliphatic carboxylic acids is 1. The molecule has 0 aromatic carbocycles. The highest BCUT2D eigenvalue weighted by molar-refractivity contribution is 7.12. The second-order valence-corrected chi connectivity index (χ2v) is 6.65. The second kappa shape index (κ2) is 5.67. The van der Waals surface area contributed by atoms with E-state index in [2.05, 4.69) is 0 Å². The van der Waals surface area contributed by atoms with Gasteiger partial charge in [-0.05, 0) is 36.6 Å². The number of methoxy groups -OCH3 is 1. The van der Waals surface area contributed by atoms with Crippen molar-refractivity contribution in [2.75, 3.05) is 7.11 Å². The first-order valence-electron chi connectivity index (χ1n) is 7.30. The predicted molar refractivity (Wildman–Crippen MR) is 78.8 cm³/mol. The van der Waals surface area contributed by atoms with Crippen LogP contribution in [0.4, 0.5) is 0 Å². The maximum absolute atomic E-state index is 12.9. The van der Waals surface area contributed by atoms with E-state index in [0.717, 1.165) is 25.7 Å². The number of thiophene rings is 1. The highest BCUT2D eigenvalue weighted by Crippen LogP contribution is 2.41. The van der Waals surface area contributed by atoms with E-state index in [1.807, 2.05) is 0 Å². The lowest BCUT2D eigenvalue weighted by atomic mass is 9.85. The summed E-state index contributed by atoms with van der Waals surface area (Å²) in [6.07, 6.45) is 4.73. The van der Waals surface area contributed by atoms with Crippen LogP contribution in [0.15, 0.2) is 11.4 Å². The molecule has 1 saturated heterocycles. The van der Waals surface area contributed by atoms with Gasteiger partial charge in [0.1, 0.15) is 16.7 Å². The van der Waals surface area contributed by atoms with Gasteiger partial charge in [0, 0.05) is 6.04 Å². The number of hydrogen-bond donors (Lipinski definition) is 1. The van der Waals surface area contributed by atoms with Gasteiger partial charge >= 0.3 is 5.97 Å². The molecule has 2 heterocycles. The highest BCUT2D eigenvalue weighted by atomic mass is 32.1. The Kier molecular flexibility index (Phi) is 3.89. The Hall–Kier alpha value is -1.56. The van der Waals surface area contributed by atoms with Crippen LogP contribution in [-0.2, 0) is 4.79 Å². The third kappa shape index (κ3) is 2.41. The number of carbonyl (C=O) groups excluding carboxylic acids is 1. The summed E-state index contributed by atoms with van der Waals surface area (Å²) >= 11 is 1.31. The zero-order chi connectivity index (χ0) is 15.0. The summed E-state index contributed by atoms with van der Waals surface area (Å²) in [5.74, 6) is -0.222. The van der Waals surface area contributed by atoms with Crippen molar-refractivity contribution in [3.63, 3.8) is 0 Å². The molecule has 3 rings (SSSR count). The fraction of sp³-hybridized carbons (Fsp3) is 0.600. The number of amides is 1. The van der Waals surface area contributed by atoms with Crippen molar-refractivity contribution in [2.45, 2.75) is 44.2 Å². The average molecular weight is 309 g/mol. The van der Waals surface area contributed by atoms with Gasteiger partial charge in [-0.3, -0.25) is 4.79 Å². The van der Waals surface area contributed by atoms with Crippen LogP contribution in [-0.4, -0.2) is 41.1 Å². The van der Waals surface area contributed by atoms with E-state index in [1.165, 1.54) is 18.4 Å². The van der Waals surface area contributed by atoms with E-state index >= 15 is 0 Å². The van der Waals surface area contributed by atoms with E-state index < -0.39 is 12.0 Å². The Bertz CT molecular complexity index is 556. The minimum absolute atomic E-state index is 0.0687. The number of carbonyl (C=O) groups is 2. The lowest BCUT2D eigenvalue weighted by Crippen LogP contribution is -2.46. The molecule has 1 aliphatic carbocycles. The molecule has 2 aliphatic rings. The van der Waals surface area contributed by atoms with Crippen LogP contribution in [0.5, 0.6) is 5.75 Å². The molecule has 1 aromatic heterocycles. The first kappa shape index (κ1) is 14.4. The lowest BCUT2D eigenvalue weighted by Gasteiger charge is -2.32. The Balaban J connectivity index is 1.93. The maximum Gasteiger partial charge on any atom is 0.326 e. The zero-order valence-corrected chi connectivity index (χ0v) is 12.8. The van der Waals surface area contributed by atoms with Gasteiger partial charge in [0.2, 0.25) is 0 Å². The van der Waals surface area contributed by atoms with Gasteiger partial charge in [-0.15, -0.1) is 11.3 Å². The van der Waals surface area contributed by atoms with Crippen molar-refractivity contribution in [1.29, 1.82) is 0 Å². The summed E-state index contributed by atoms with van der Waals surface area (Å²) < 4.78 is 5.21. The summed E-state index contributed by atoms with van der Waals surface area (Å²) in [7, 11) is 1.53. The van der Waals surface area contributed by atoms with Crippen molar-refractivity contribution in [3.8, 4) is 5.75 Å². The average Bonchev–Trinajstić information content (AvgIpc) is 3.10. The maximum atomic E-state index is 12.9. The molecule has 0 bridgehead atoms. The quantitative estimate of drug-likeness (QED) is 0.932. The van der Waals surface area contributed by atoms with E-state index in [9.17, 15) is 14.7 Å². The molecule has 1 N–H and O–H groups in total. The van der Waals surface area contributed by atoms with Crippen LogP contribution < -0.4 is 4.74 Å². The Morgan fingerprint density at radius 1 is 1.38 bits per heavy atom. The van der Waals surface area contributed by atoms with Gasteiger partial charge in [0.15, 0.2) is 0 Å². The number of nitrogens with zero attached hydrogens (tertiary/aromatic N) is 1. The Morgan fingerprint density at radius 3 is 2.86 bits per heavy atom. The number of hydrogen-bond acceptors (Lipinski definition) is 4. The standard InChI is InChI=1S/C15H19NO4S/c1-20-12-6-7-21-13(12)14(17)16-10-5-3-2-4-9(10)8-11(16)15(18)19/h6-7,9-11H,2-5,8H2,1H3,(H,18,19)/t9-,10+,11+/m1/s1. The van der Waals surface area contributed by atoms with E-state index in [0.29, 0.717) is 23.0 Å². The molecule has 1 aliphatic heterocycles. The van der Waals surface area contributed by atoms with Crippen molar-refractivity contribution in [1.82, 2.24) is 4.90 Å². The summed E-state index contributed by atoms with van der Waals surface area (Å²) in [6.45, 7) is 0. The third-order valence-corrected chi connectivity index (χ3v) is 5.53. The van der Waals surface area contributed by atoms with Crippen molar-refractivity contribution in [2.24, 2.45) is 5.92 Å². The minimum atomic E-state index is -0.895. The molecule has 2 fully saturated rings. The fourth-order valence-electron chi connectivity index (χ4n) is 3.70. The van der Waals surface area contributed by atoms with Crippen LogP contribution in [0.1, 0.15) is 41.8 Å². The van der Waals surface area contributed by atoms with Gasteiger partial charge in [-0.2, -0.15) is 0 Å².